The van der Waals surface area contributed by atoms with Crippen LogP contribution in [0.3, 0.4) is 0 Å². The van der Waals surface area contributed by atoms with Crippen LogP contribution in [0.1, 0.15) is 19.3 Å². The lowest BCUT2D eigenvalue weighted by atomic mass is 10.1. The third-order valence-electron chi connectivity index (χ3n) is 2.33. The first kappa shape index (κ1) is 12.9. The summed E-state index contributed by atoms with van der Waals surface area (Å²) in [5.41, 5.74) is 4.86. The summed E-state index contributed by atoms with van der Waals surface area (Å²) in [7, 11) is 0. The highest BCUT2D eigenvalue weighted by atomic mass is 16.4. The van der Waals surface area contributed by atoms with Crippen LogP contribution in [0.15, 0.2) is 0 Å². The monoisotopic (exact) mass is 243 g/mol. The van der Waals surface area contributed by atoms with E-state index < -0.39 is 36.3 Å². The zero-order valence-corrected chi connectivity index (χ0v) is 8.93. The topological polar surface area (TPSA) is 139 Å². The Morgan fingerprint density at radius 2 is 2.18 bits per heavy atom. The predicted molar refractivity (Wildman–Crippen MR) is 54.5 cm³/mol. The zero-order valence-electron chi connectivity index (χ0n) is 8.93. The van der Waals surface area contributed by atoms with E-state index in [0.29, 0.717) is 6.42 Å². The molecule has 1 aliphatic heterocycles. The van der Waals surface area contributed by atoms with E-state index in [-0.39, 0.29) is 12.3 Å². The van der Waals surface area contributed by atoms with Gasteiger partial charge in [0.15, 0.2) is 0 Å². The van der Waals surface area contributed by atoms with Crippen molar-refractivity contribution in [3.8, 4) is 0 Å². The summed E-state index contributed by atoms with van der Waals surface area (Å²) in [6.07, 6.45) is 0.0565. The molecular weight excluding hydrogens is 230 g/mol. The van der Waals surface area contributed by atoms with Crippen LogP contribution < -0.4 is 16.4 Å². The molecule has 0 aromatic rings. The molecule has 5 N–H and O–H groups in total. The molecule has 0 bridgehead atoms. The smallest absolute Gasteiger partial charge is 0.326 e. The van der Waals surface area contributed by atoms with Gasteiger partial charge in [0.25, 0.3) is 0 Å². The summed E-state index contributed by atoms with van der Waals surface area (Å²) in [5.74, 6) is -3.05. The predicted octanol–water partition coefficient (Wildman–Crippen LogP) is -2.29. The Balaban J connectivity index is 2.55. The standard InChI is InChI=1S/C9H13N3O5/c10-6(13)3-5(9(16)17)12-8(15)4-1-2-7(14)11-4/h4-5H,1-3H2,(H2,10,13)(H,11,14)(H,12,15)(H,16,17). The van der Waals surface area contributed by atoms with E-state index in [9.17, 15) is 19.2 Å². The Morgan fingerprint density at radius 1 is 1.53 bits per heavy atom. The highest BCUT2D eigenvalue weighted by Crippen LogP contribution is 2.07. The van der Waals surface area contributed by atoms with E-state index in [2.05, 4.69) is 10.6 Å². The molecule has 0 saturated carbocycles. The fourth-order valence-corrected chi connectivity index (χ4v) is 1.48. The summed E-state index contributed by atoms with van der Waals surface area (Å²) in [4.78, 5) is 43.8. The second-order valence-electron chi connectivity index (χ2n) is 3.73. The van der Waals surface area contributed by atoms with Gasteiger partial charge in [-0.3, -0.25) is 14.4 Å². The summed E-state index contributed by atoms with van der Waals surface area (Å²) in [5, 5.41) is 13.3. The molecule has 3 amide bonds. The maximum atomic E-state index is 11.5. The number of hydrogen-bond donors (Lipinski definition) is 4. The minimum Gasteiger partial charge on any atom is -0.480 e. The highest BCUT2D eigenvalue weighted by Gasteiger charge is 2.30. The van der Waals surface area contributed by atoms with E-state index in [1.807, 2.05) is 0 Å². The maximum Gasteiger partial charge on any atom is 0.326 e. The molecule has 0 aromatic heterocycles. The lowest BCUT2D eigenvalue weighted by Gasteiger charge is -2.16. The molecule has 1 aliphatic rings. The molecule has 17 heavy (non-hydrogen) atoms. The number of nitrogens with two attached hydrogens (primary N) is 1. The third-order valence-corrected chi connectivity index (χ3v) is 2.33. The zero-order chi connectivity index (χ0) is 13.0. The average Bonchev–Trinajstić information content (AvgIpc) is 2.63. The van der Waals surface area contributed by atoms with Crippen LogP contribution in [-0.2, 0) is 19.2 Å². The van der Waals surface area contributed by atoms with Gasteiger partial charge in [0.05, 0.1) is 6.42 Å². The van der Waals surface area contributed by atoms with Crippen LogP contribution >= 0.6 is 0 Å². The summed E-state index contributed by atoms with van der Waals surface area (Å²) in [6, 6.07) is -2.10. The molecule has 2 unspecified atom stereocenters. The largest absolute Gasteiger partial charge is 0.480 e. The quantitative estimate of drug-likeness (QED) is 0.430. The first-order valence-corrected chi connectivity index (χ1v) is 5.01. The van der Waals surface area contributed by atoms with E-state index in [4.69, 9.17) is 10.8 Å². The van der Waals surface area contributed by atoms with Gasteiger partial charge in [-0.2, -0.15) is 0 Å². The Morgan fingerprint density at radius 3 is 2.59 bits per heavy atom. The minimum absolute atomic E-state index is 0.228. The summed E-state index contributed by atoms with van der Waals surface area (Å²) in [6.45, 7) is 0. The van der Waals surface area contributed by atoms with Gasteiger partial charge < -0.3 is 21.5 Å². The minimum atomic E-state index is -1.36. The number of aliphatic carboxylic acids is 1. The number of hydrogen-bond acceptors (Lipinski definition) is 4. The first-order valence-electron chi connectivity index (χ1n) is 5.01. The fraction of sp³-hybridized carbons (Fsp3) is 0.556. The molecule has 0 aromatic carbocycles. The average molecular weight is 243 g/mol. The molecule has 2 atom stereocenters. The van der Waals surface area contributed by atoms with Crippen LogP contribution in [0.5, 0.6) is 0 Å². The fourth-order valence-electron chi connectivity index (χ4n) is 1.48. The van der Waals surface area contributed by atoms with Crippen molar-refractivity contribution in [2.45, 2.75) is 31.3 Å². The first-order chi connectivity index (χ1) is 7.90. The van der Waals surface area contributed by atoms with Crippen LogP contribution in [0.4, 0.5) is 0 Å². The summed E-state index contributed by atoms with van der Waals surface area (Å²) >= 11 is 0. The van der Waals surface area contributed by atoms with Gasteiger partial charge in [0, 0.05) is 6.42 Å². The third kappa shape index (κ3) is 3.74. The Kier molecular flexibility index (Phi) is 4.02. The van der Waals surface area contributed by atoms with Crippen LogP contribution in [0.25, 0.3) is 0 Å². The number of rotatable bonds is 5. The number of carboxylic acid groups (broad SMARTS) is 1. The highest BCUT2D eigenvalue weighted by molar-refractivity contribution is 5.94. The van der Waals surface area contributed by atoms with E-state index in [1.165, 1.54) is 0 Å². The van der Waals surface area contributed by atoms with Crippen molar-refractivity contribution in [1.29, 1.82) is 0 Å². The SMILES string of the molecule is NC(=O)CC(NC(=O)C1CCC(=O)N1)C(=O)O. The molecular formula is C9H13N3O5. The van der Waals surface area contributed by atoms with Crippen molar-refractivity contribution in [2.24, 2.45) is 5.73 Å². The lowest BCUT2D eigenvalue weighted by Crippen LogP contribution is -2.49. The number of primary amides is 1. The molecule has 0 spiro atoms. The Labute approximate surface area is 96.5 Å². The number of carbonyl (C=O) groups is 4. The maximum absolute atomic E-state index is 11.5. The molecule has 1 saturated heterocycles. The van der Waals surface area contributed by atoms with E-state index in [0.717, 1.165) is 0 Å². The van der Waals surface area contributed by atoms with Crippen molar-refractivity contribution in [3.63, 3.8) is 0 Å². The van der Waals surface area contributed by atoms with Crippen molar-refractivity contribution in [3.05, 3.63) is 0 Å². The molecule has 1 heterocycles. The van der Waals surface area contributed by atoms with Gasteiger partial charge >= 0.3 is 5.97 Å². The van der Waals surface area contributed by atoms with Gasteiger partial charge in [-0.15, -0.1) is 0 Å². The second kappa shape index (κ2) is 5.28. The Hall–Kier alpha value is -2.12. The van der Waals surface area contributed by atoms with Crippen molar-refractivity contribution < 1.29 is 24.3 Å². The number of carbonyl (C=O) groups excluding carboxylic acids is 3. The van der Waals surface area contributed by atoms with Crippen LogP contribution in [-0.4, -0.2) is 40.9 Å². The van der Waals surface area contributed by atoms with Crippen LogP contribution in [0, 0.1) is 0 Å². The number of nitrogens with one attached hydrogen (secondary N) is 2. The molecule has 0 aliphatic carbocycles. The Bertz CT molecular complexity index is 368. The number of carboxylic acids is 1. The van der Waals surface area contributed by atoms with Gasteiger partial charge in [0.1, 0.15) is 12.1 Å². The van der Waals surface area contributed by atoms with Gasteiger partial charge in [0.2, 0.25) is 17.7 Å². The lowest BCUT2D eigenvalue weighted by molar-refractivity contribution is -0.143. The van der Waals surface area contributed by atoms with Crippen LogP contribution in [0.2, 0.25) is 0 Å². The molecule has 0 radical (unpaired) electrons. The van der Waals surface area contributed by atoms with Crippen molar-refractivity contribution in [1.82, 2.24) is 10.6 Å². The van der Waals surface area contributed by atoms with Gasteiger partial charge in [-0.05, 0) is 6.42 Å². The molecule has 8 nitrogen and oxygen atoms in total. The summed E-state index contributed by atoms with van der Waals surface area (Å²) < 4.78 is 0. The normalized spacial score (nSPS) is 20.5. The molecule has 8 heteroatoms. The van der Waals surface area contributed by atoms with E-state index in [1.54, 1.807) is 0 Å². The number of amides is 3. The molecule has 94 valence electrons. The van der Waals surface area contributed by atoms with Gasteiger partial charge in [-0.1, -0.05) is 0 Å². The molecule has 1 fully saturated rings. The van der Waals surface area contributed by atoms with Gasteiger partial charge in [-0.25, -0.2) is 4.79 Å². The van der Waals surface area contributed by atoms with Crippen molar-refractivity contribution >= 4 is 23.7 Å². The van der Waals surface area contributed by atoms with Crippen molar-refractivity contribution in [2.75, 3.05) is 0 Å². The van der Waals surface area contributed by atoms with E-state index >= 15 is 0 Å². The second-order valence-corrected chi connectivity index (χ2v) is 3.73. The molecule has 1 rings (SSSR count).